The van der Waals surface area contributed by atoms with E-state index in [4.69, 9.17) is 0 Å². The van der Waals surface area contributed by atoms with Crippen molar-refractivity contribution in [3.63, 3.8) is 0 Å². The molecule has 2 fully saturated rings. The summed E-state index contributed by atoms with van der Waals surface area (Å²) >= 11 is 0. The smallest absolute Gasteiger partial charge is 0.250 e. The Balaban J connectivity index is 1.38. The number of fused-ring (bicyclic) bond motifs is 1. The van der Waals surface area contributed by atoms with Gasteiger partial charge in [0, 0.05) is 53.9 Å². The molecule has 2 amide bonds. The molecule has 0 bridgehead atoms. The number of likely N-dealkylation sites (tertiary alicyclic amines) is 1. The van der Waals surface area contributed by atoms with E-state index in [1.54, 1.807) is 23.1 Å². The number of benzene rings is 3. The normalized spacial score (nSPS) is 20.4. The number of piperidine rings is 1. The van der Waals surface area contributed by atoms with Crippen LogP contribution in [0.5, 0.6) is 0 Å². The second-order valence-electron chi connectivity index (χ2n) is 14.5. The maximum atomic E-state index is 15.2. The van der Waals surface area contributed by atoms with Crippen LogP contribution in [0.4, 0.5) is 10.1 Å². The van der Waals surface area contributed by atoms with Gasteiger partial charge in [0.2, 0.25) is 11.8 Å². The molecule has 1 aliphatic carbocycles. The number of aromatic nitrogens is 1. The Kier molecular flexibility index (Phi) is 8.34. The lowest BCUT2D eigenvalue weighted by Crippen LogP contribution is -2.63. The molecule has 4 aromatic rings. The number of halogens is 1. The minimum absolute atomic E-state index is 0.0401. The summed E-state index contributed by atoms with van der Waals surface area (Å²) in [5, 5.41) is 4.46. The fraction of sp³-hybridized carbons (Fsp3) is 0.436. The average Bonchev–Trinajstić information content (AvgIpc) is 3.35. The predicted octanol–water partition coefficient (Wildman–Crippen LogP) is 7.80. The summed E-state index contributed by atoms with van der Waals surface area (Å²) in [6, 6.07) is 19.1. The van der Waals surface area contributed by atoms with Crippen LogP contribution in [-0.4, -0.2) is 52.3 Å². The van der Waals surface area contributed by atoms with Crippen molar-refractivity contribution in [2.45, 2.75) is 78.8 Å². The largest absolute Gasteiger partial charge is 0.358 e. The molecule has 1 saturated carbocycles. The average molecular weight is 623 g/mol. The number of para-hydroxylation sites is 1. The van der Waals surface area contributed by atoms with Crippen LogP contribution >= 0.6 is 0 Å². The molecule has 2 heterocycles. The molecule has 0 unspecified atom stereocenters. The number of aromatic amines is 1. The Morgan fingerprint density at radius 1 is 0.978 bits per heavy atom. The monoisotopic (exact) mass is 622 g/mol. The van der Waals surface area contributed by atoms with E-state index in [-0.39, 0.29) is 41.4 Å². The second-order valence-corrected chi connectivity index (χ2v) is 14.5. The number of anilines is 1. The molecule has 1 aromatic heterocycles. The second kappa shape index (κ2) is 12.0. The summed E-state index contributed by atoms with van der Waals surface area (Å²) in [5.74, 6) is -0.372. The van der Waals surface area contributed by atoms with Crippen LogP contribution in [-0.2, 0) is 16.1 Å². The first-order valence-corrected chi connectivity index (χ1v) is 16.5. The van der Waals surface area contributed by atoms with Crippen molar-refractivity contribution in [1.29, 1.82) is 0 Å². The first-order chi connectivity index (χ1) is 21.8. The van der Waals surface area contributed by atoms with Crippen LogP contribution < -0.4 is 5.32 Å². The number of rotatable bonds is 8. The van der Waals surface area contributed by atoms with Crippen LogP contribution in [0.25, 0.3) is 10.9 Å². The van der Waals surface area contributed by atoms with Gasteiger partial charge in [-0.3, -0.25) is 9.59 Å². The molecular weight excluding hydrogens is 575 g/mol. The van der Waals surface area contributed by atoms with Crippen LogP contribution in [0.1, 0.15) is 72.5 Å². The van der Waals surface area contributed by atoms with E-state index in [2.05, 4.69) is 66.3 Å². The molecule has 6 nitrogen and oxygen atoms in total. The number of hydrogen-bond acceptors (Lipinski definition) is 3. The van der Waals surface area contributed by atoms with Gasteiger partial charge in [0.15, 0.2) is 0 Å². The van der Waals surface area contributed by atoms with Gasteiger partial charge in [-0.2, -0.15) is 0 Å². The van der Waals surface area contributed by atoms with E-state index in [1.165, 1.54) is 17.0 Å². The summed E-state index contributed by atoms with van der Waals surface area (Å²) in [6.07, 6.45) is 1.23. The Hall–Kier alpha value is -3.97. The standard InChI is InChI=1S/C39H47FN4O2/c1-24-20-25(2)36(26(3)21-24)42-37(46)39(16-18-43(7)19-17-39)44(23-28-12-8-10-14-31(28)40)33(45)22-30-35(38(30,5)6)34-27(4)41-32-15-11-9-13-29(32)34/h8-15,20-21,30,35,41H,16-19,22-23H2,1-7H3,(H,42,46)/t30-,35-/m1/s1. The first-order valence-electron chi connectivity index (χ1n) is 16.5. The van der Waals surface area contributed by atoms with E-state index in [0.717, 1.165) is 33.6 Å². The van der Waals surface area contributed by atoms with Gasteiger partial charge in [-0.25, -0.2) is 4.39 Å². The number of hydrogen-bond donors (Lipinski definition) is 2. The molecule has 3 aromatic carbocycles. The highest BCUT2D eigenvalue weighted by molar-refractivity contribution is 6.02. The lowest BCUT2D eigenvalue weighted by molar-refractivity contribution is -0.150. The van der Waals surface area contributed by atoms with E-state index >= 15 is 4.39 Å². The molecule has 2 atom stereocenters. The van der Waals surface area contributed by atoms with E-state index < -0.39 is 5.54 Å². The summed E-state index contributed by atoms with van der Waals surface area (Å²) in [6.45, 7) is 14.0. The van der Waals surface area contributed by atoms with Gasteiger partial charge in [-0.15, -0.1) is 0 Å². The highest BCUT2D eigenvalue weighted by Gasteiger charge is 2.60. The van der Waals surface area contributed by atoms with Crippen molar-refractivity contribution >= 4 is 28.4 Å². The summed E-state index contributed by atoms with van der Waals surface area (Å²) < 4.78 is 15.2. The summed E-state index contributed by atoms with van der Waals surface area (Å²) in [7, 11) is 2.04. The highest BCUT2D eigenvalue weighted by Crippen LogP contribution is 2.67. The minimum atomic E-state index is -1.12. The Bertz CT molecular complexity index is 1780. The molecule has 242 valence electrons. The minimum Gasteiger partial charge on any atom is -0.358 e. The number of carbonyl (C=O) groups excluding carboxylic acids is 2. The number of H-pyrrole nitrogens is 1. The highest BCUT2D eigenvalue weighted by atomic mass is 19.1. The zero-order valence-corrected chi connectivity index (χ0v) is 28.3. The molecule has 1 aliphatic heterocycles. The number of amides is 2. The Labute approximate surface area is 272 Å². The molecule has 2 N–H and O–H groups in total. The molecule has 7 heteroatoms. The molecular formula is C39H47FN4O2. The number of carbonyl (C=O) groups is 2. The Morgan fingerprint density at radius 3 is 2.28 bits per heavy atom. The summed E-state index contributed by atoms with van der Waals surface area (Å²) in [5.41, 5.74) is 6.58. The number of nitrogens with zero attached hydrogens (tertiary/aromatic N) is 2. The van der Waals surface area contributed by atoms with Crippen molar-refractivity contribution in [2.75, 3.05) is 25.5 Å². The lowest BCUT2D eigenvalue weighted by Gasteiger charge is -2.47. The maximum absolute atomic E-state index is 15.2. The van der Waals surface area contributed by atoms with Crippen LogP contribution in [0.15, 0.2) is 60.7 Å². The zero-order valence-electron chi connectivity index (χ0n) is 28.3. The first kappa shape index (κ1) is 32.0. The predicted molar refractivity (Wildman–Crippen MR) is 183 cm³/mol. The SMILES string of the molecule is Cc1cc(C)c(NC(=O)C2(N(Cc3ccccc3F)C(=O)C[C@@H]3[C@H](c4c(C)[nH]c5ccccc45)C3(C)C)CCN(C)CC2)c(C)c1. The van der Waals surface area contributed by atoms with Crippen molar-refractivity contribution < 1.29 is 14.0 Å². The van der Waals surface area contributed by atoms with Crippen molar-refractivity contribution in [3.05, 3.63) is 100.0 Å². The maximum Gasteiger partial charge on any atom is 0.250 e. The fourth-order valence-electron chi connectivity index (χ4n) is 8.19. The lowest BCUT2D eigenvalue weighted by atomic mass is 9.83. The van der Waals surface area contributed by atoms with E-state index in [0.29, 0.717) is 37.9 Å². The van der Waals surface area contributed by atoms with Crippen molar-refractivity contribution in [1.82, 2.24) is 14.8 Å². The number of aryl methyl sites for hydroxylation is 4. The third-order valence-electron chi connectivity index (χ3n) is 11.0. The van der Waals surface area contributed by atoms with Crippen LogP contribution in [0.2, 0.25) is 0 Å². The zero-order chi connectivity index (χ0) is 33.0. The Morgan fingerprint density at radius 2 is 1.61 bits per heavy atom. The van der Waals surface area contributed by atoms with E-state index in [1.807, 2.05) is 33.9 Å². The third kappa shape index (κ3) is 5.63. The van der Waals surface area contributed by atoms with Crippen molar-refractivity contribution in [3.8, 4) is 0 Å². The molecule has 2 aliphatic rings. The fourth-order valence-corrected chi connectivity index (χ4v) is 8.19. The number of nitrogens with one attached hydrogen (secondary N) is 2. The van der Waals surface area contributed by atoms with Gasteiger partial charge in [-0.05, 0) is 93.7 Å². The quantitative estimate of drug-likeness (QED) is 0.211. The van der Waals surface area contributed by atoms with Gasteiger partial charge >= 0.3 is 0 Å². The molecule has 1 saturated heterocycles. The van der Waals surface area contributed by atoms with E-state index in [9.17, 15) is 9.59 Å². The van der Waals surface area contributed by atoms with Gasteiger partial charge < -0.3 is 20.1 Å². The summed E-state index contributed by atoms with van der Waals surface area (Å²) in [4.78, 5) is 36.9. The molecule has 46 heavy (non-hydrogen) atoms. The molecule has 6 rings (SSSR count). The molecule has 0 radical (unpaired) electrons. The third-order valence-corrected chi connectivity index (χ3v) is 11.0. The van der Waals surface area contributed by atoms with Crippen molar-refractivity contribution in [2.24, 2.45) is 11.3 Å². The topological polar surface area (TPSA) is 68.4 Å². The molecule has 0 spiro atoms. The van der Waals surface area contributed by atoms with Crippen LogP contribution in [0, 0.1) is 44.8 Å². The van der Waals surface area contributed by atoms with Gasteiger partial charge in [0.1, 0.15) is 11.4 Å². The van der Waals surface area contributed by atoms with Gasteiger partial charge in [0.05, 0.1) is 0 Å². The van der Waals surface area contributed by atoms with Gasteiger partial charge in [0.25, 0.3) is 0 Å². The van der Waals surface area contributed by atoms with Crippen LogP contribution in [0.3, 0.4) is 0 Å². The van der Waals surface area contributed by atoms with Gasteiger partial charge in [-0.1, -0.05) is 67.9 Å².